The highest BCUT2D eigenvalue weighted by atomic mass is 35.5. The number of nitrogens with zero attached hydrogens (tertiary/aromatic N) is 1. The molecule has 0 saturated carbocycles. The van der Waals surface area contributed by atoms with E-state index in [0.29, 0.717) is 18.7 Å². The number of hydrogen-bond acceptors (Lipinski definition) is 3. The van der Waals surface area contributed by atoms with Crippen LogP contribution in [0.1, 0.15) is 5.56 Å². The fourth-order valence-electron chi connectivity index (χ4n) is 1.63. The second-order valence-electron chi connectivity index (χ2n) is 4.02. The Morgan fingerprint density at radius 3 is 2.88 bits per heavy atom. The summed E-state index contributed by atoms with van der Waals surface area (Å²) in [6, 6.07) is 4.90. The molecule has 1 aromatic carbocycles. The van der Waals surface area contributed by atoms with Crippen LogP contribution in [0.25, 0.3) is 0 Å². The minimum atomic E-state index is -0.577. The zero-order chi connectivity index (χ0) is 12.8. The summed E-state index contributed by atoms with van der Waals surface area (Å²) >= 11 is 5.69. The Morgan fingerprint density at radius 1 is 1.53 bits per heavy atom. The van der Waals surface area contributed by atoms with Crippen LogP contribution in [-0.2, 0) is 11.3 Å². The van der Waals surface area contributed by atoms with Gasteiger partial charge in [0, 0.05) is 25.8 Å². The lowest BCUT2D eigenvalue weighted by molar-refractivity contribution is 0.0417. The van der Waals surface area contributed by atoms with Gasteiger partial charge in [-0.15, -0.1) is 0 Å². The van der Waals surface area contributed by atoms with Gasteiger partial charge in [0.1, 0.15) is 5.82 Å². The normalized spacial score (nSPS) is 13.1. The smallest absolute Gasteiger partial charge is 0.146 e. The van der Waals surface area contributed by atoms with Crippen molar-refractivity contribution in [2.45, 2.75) is 12.6 Å². The van der Waals surface area contributed by atoms with E-state index in [0.717, 1.165) is 0 Å². The van der Waals surface area contributed by atoms with E-state index < -0.39 is 11.9 Å². The monoisotopic (exact) mass is 261 g/mol. The van der Waals surface area contributed by atoms with Crippen molar-refractivity contribution in [2.24, 2.45) is 0 Å². The molecule has 1 rings (SSSR count). The summed E-state index contributed by atoms with van der Waals surface area (Å²) in [7, 11) is 3.33. The Labute approximate surface area is 106 Å². The number of methoxy groups -OCH3 is 1. The number of aliphatic hydroxyl groups is 1. The fourth-order valence-corrected chi connectivity index (χ4v) is 1.82. The van der Waals surface area contributed by atoms with E-state index in [4.69, 9.17) is 16.3 Å². The third-order valence-corrected chi connectivity index (χ3v) is 2.65. The molecule has 1 atom stereocenters. The first-order chi connectivity index (χ1) is 8.04. The molecule has 0 saturated heterocycles. The van der Waals surface area contributed by atoms with Crippen LogP contribution >= 0.6 is 11.6 Å². The van der Waals surface area contributed by atoms with E-state index in [1.807, 2.05) is 4.90 Å². The third-order valence-electron chi connectivity index (χ3n) is 2.35. The molecule has 0 aromatic heterocycles. The van der Waals surface area contributed by atoms with Crippen molar-refractivity contribution in [1.82, 2.24) is 4.90 Å². The molecule has 3 nitrogen and oxygen atoms in total. The maximum Gasteiger partial charge on any atom is 0.146 e. The van der Waals surface area contributed by atoms with Crippen LogP contribution < -0.4 is 0 Å². The summed E-state index contributed by atoms with van der Waals surface area (Å²) < 4.78 is 18.4. The maximum absolute atomic E-state index is 13.6. The quantitative estimate of drug-likeness (QED) is 0.849. The van der Waals surface area contributed by atoms with E-state index in [1.165, 1.54) is 13.2 Å². The van der Waals surface area contributed by atoms with Crippen LogP contribution in [0, 0.1) is 5.82 Å². The van der Waals surface area contributed by atoms with Gasteiger partial charge >= 0.3 is 0 Å². The molecule has 0 aliphatic rings. The van der Waals surface area contributed by atoms with E-state index in [9.17, 15) is 9.50 Å². The Balaban J connectivity index is 2.56. The highest BCUT2D eigenvalue weighted by Gasteiger charge is 2.11. The molecular formula is C12H17ClFNO2. The summed E-state index contributed by atoms with van der Waals surface area (Å²) in [5.41, 5.74) is 0.518. The van der Waals surface area contributed by atoms with Crippen molar-refractivity contribution in [3.8, 4) is 0 Å². The van der Waals surface area contributed by atoms with Crippen molar-refractivity contribution in [2.75, 3.05) is 27.3 Å². The zero-order valence-corrected chi connectivity index (χ0v) is 10.7. The van der Waals surface area contributed by atoms with Gasteiger partial charge in [-0.2, -0.15) is 0 Å². The number of halogens is 2. The summed E-state index contributed by atoms with van der Waals surface area (Å²) in [6.45, 7) is 1.08. The van der Waals surface area contributed by atoms with Crippen LogP contribution in [-0.4, -0.2) is 43.4 Å². The van der Waals surface area contributed by atoms with Crippen LogP contribution in [0.5, 0.6) is 0 Å². The van der Waals surface area contributed by atoms with Gasteiger partial charge in [0.2, 0.25) is 0 Å². The lowest BCUT2D eigenvalue weighted by Crippen LogP contribution is -2.31. The molecular weight excluding hydrogens is 245 g/mol. The largest absolute Gasteiger partial charge is 0.389 e. The summed E-state index contributed by atoms with van der Waals surface area (Å²) in [5, 5.41) is 9.65. The Hall–Kier alpha value is -0.680. The van der Waals surface area contributed by atoms with Crippen molar-refractivity contribution in [1.29, 1.82) is 0 Å². The fraction of sp³-hybridized carbons (Fsp3) is 0.500. The van der Waals surface area contributed by atoms with Crippen molar-refractivity contribution in [3.63, 3.8) is 0 Å². The minimum Gasteiger partial charge on any atom is -0.389 e. The van der Waals surface area contributed by atoms with Crippen molar-refractivity contribution in [3.05, 3.63) is 34.6 Å². The van der Waals surface area contributed by atoms with Gasteiger partial charge in [-0.3, -0.25) is 4.90 Å². The van der Waals surface area contributed by atoms with Gasteiger partial charge in [-0.05, 0) is 13.1 Å². The number of ether oxygens (including phenoxy) is 1. The SMILES string of the molecule is COCC(O)CN(C)Cc1cccc(Cl)c1F. The molecule has 0 heterocycles. The number of rotatable bonds is 6. The highest BCUT2D eigenvalue weighted by Crippen LogP contribution is 2.18. The first-order valence-electron chi connectivity index (χ1n) is 5.33. The zero-order valence-electron chi connectivity index (χ0n) is 9.99. The predicted molar refractivity (Wildman–Crippen MR) is 65.6 cm³/mol. The molecule has 0 bridgehead atoms. The Bertz CT molecular complexity index is 362. The number of aliphatic hydroxyl groups excluding tert-OH is 1. The van der Waals surface area contributed by atoms with E-state index >= 15 is 0 Å². The molecule has 1 unspecified atom stereocenters. The topological polar surface area (TPSA) is 32.7 Å². The standard InChI is InChI=1S/C12H17ClFNO2/c1-15(7-10(16)8-17-2)6-9-4-3-5-11(13)12(9)14/h3-5,10,16H,6-8H2,1-2H3. The molecule has 5 heteroatoms. The Morgan fingerprint density at radius 2 is 2.24 bits per heavy atom. The average molecular weight is 262 g/mol. The molecule has 0 aliphatic heterocycles. The minimum absolute atomic E-state index is 0.119. The van der Waals surface area contributed by atoms with Gasteiger partial charge in [0.05, 0.1) is 17.7 Å². The van der Waals surface area contributed by atoms with E-state index in [-0.39, 0.29) is 11.6 Å². The number of likely N-dealkylation sites (N-methyl/N-ethyl adjacent to an activating group) is 1. The first kappa shape index (κ1) is 14.4. The summed E-state index contributed by atoms with van der Waals surface area (Å²) in [4.78, 5) is 1.82. The lowest BCUT2D eigenvalue weighted by atomic mass is 10.2. The molecule has 17 heavy (non-hydrogen) atoms. The second-order valence-corrected chi connectivity index (χ2v) is 4.43. The van der Waals surface area contributed by atoms with Crippen molar-refractivity contribution < 1.29 is 14.2 Å². The van der Waals surface area contributed by atoms with Crippen LogP contribution in [0.3, 0.4) is 0 Å². The molecule has 0 fully saturated rings. The third kappa shape index (κ3) is 4.60. The molecule has 0 spiro atoms. The van der Waals surface area contributed by atoms with Crippen LogP contribution in [0.2, 0.25) is 5.02 Å². The predicted octanol–water partition coefficient (Wildman–Crippen LogP) is 1.92. The molecule has 1 N–H and O–H groups in total. The first-order valence-corrected chi connectivity index (χ1v) is 5.70. The molecule has 0 radical (unpaired) electrons. The molecule has 96 valence electrons. The lowest BCUT2D eigenvalue weighted by Gasteiger charge is -2.20. The average Bonchev–Trinajstić information content (AvgIpc) is 2.25. The summed E-state index contributed by atoms with van der Waals surface area (Å²) in [5.74, 6) is -0.401. The second kappa shape index (κ2) is 6.91. The molecule has 0 aliphatic carbocycles. The van der Waals surface area contributed by atoms with Crippen LogP contribution in [0.15, 0.2) is 18.2 Å². The highest BCUT2D eigenvalue weighted by molar-refractivity contribution is 6.30. The molecule has 1 aromatic rings. The Kier molecular flexibility index (Phi) is 5.85. The van der Waals surface area contributed by atoms with Gasteiger partial charge in [-0.1, -0.05) is 23.7 Å². The maximum atomic E-state index is 13.6. The van der Waals surface area contributed by atoms with Crippen LogP contribution in [0.4, 0.5) is 4.39 Å². The van der Waals surface area contributed by atoms with Gasteiger partial charge in [0.15, 0.2) is 0 Å². The van der Waals surface area contributed by atoms with Gasteiger partial charge in [-0.25, -0.2) is 4.39 Å². The summed E-state index contributed by atoms with van der Waals surface area (Å²) in [6.07, 6.45) is -0.577. The number of benzene rings is 1. The van der Waals surface area contributed by atoms with E-state index in [2.05, 4.69) is 0 Å². The number of hydrogen-bond donors (Lipinski definition) is 1. The van der Waals surface area contributed by atoms with Gasteiger partial charge < -0.3 is 9.84 Å². The molecule has 0 amide bonds. The van der Waals surface area contributed by atoms with E-state index in [1.54, 1.807) is 19.2 Å². The van der Waals surface area contributed by atoms with Crippen molar-refractivity contribution >= 4 is 11.6 Å². The van der Waals surface area contributed by atoms with Gasteiger partial charge in [0.25, 0.3) is 0 Å².